The third-order valence-corrected chi connectivity index (χ3v) is 3.31. The Labute approximate surface area is 118 Å². The van der Waals surface area contributed by atoms with Crippen molar-refractivity contribution < 1.29 is 24.8 Å². The topological polar surface area (TPSA) is 111 Å². The highest BCUT2D eigenvalue weighted by molar-refractivity contribution is 5.64. The number of aliphatic hydroxyl groups excluding tert-OH is 2. The Bertz CT molecular complexity index is 802. The summed E-state index contributed by atoms with van der Waals surface area (Å²) < 4.78 is 5.51. The van der Waals surface area contributed by atoms with Crippen molar-refractivity contribution in [2.45, 2.75) is 12.5 Å². The lowest BCUT2D eigenvalue weighted by atomic mass is 9.97. The molecule has 1 unspecified atom stereocenters. The van der Waals surface area contributed by atoms with Crippen molar-refractivity contribution in [3.05, 3.63) is 51.6 Å². The maximum Gasteiger partial charge on any atom is 0.191 e. The Morgan fingerprint density at radius 1 is 1.10 bits per heavy atom. The number of hydrogen-bond acceptors (Lipinski definition) is 6. The van der Waals surface area contributed by atoms with Gasteiger partial charge in [0.25, 0.3) is 0 Å². The van der Waals surface area contributed by atoms with Gasteiger partial charge in [0.05, 0.1) is 17.4 Å². The van der Waals surface area contributed by atoms with E-state index in [2.05, 4.69) is 0 Å². The molecule has 1 heterocycles. The van der Waals surface area contributed by atoms with E-state index in [1.54, 1.807) is 0 Å². The molecule has 3 rings (SSSR count). The summed E-state index contributed by atoms with van der Waals surface area (Å²) in [6, 6.07) is 5.20. The Balaban J connectivity index is 2.19. The van der Waals surface area contributed by atoms with Crippen LogP contribution in [0.3, 0.4) is 0 Å². The first-order valence-corrected chi connectivity index (χ1v) is 6.23. The second kappa shape index (κ2) is 4.68. The third kappa shape index (κ3) is 2.25. The van der Waals surface area contributed by atoms with Crippen LogP contribution in [0.4, 0.5) is 0 Å². The number of benzene rings is 1. The lowest BCUT2D eigenvalue weighted by molar-refractivity contribution is 0.154. The monoisotopic (exact) mass is 288 g/mol. The average molecular weight is 288 g/mol. The molecule has 1 aliphatic carbocycles. The molecular weight excluding hydrogens is 276 g/mol. The molecule has 0 amide bonds. The molecule has 4 N–H and O–H groups in total. The van der Waals surface area contributed by atoms with Gasteiger partial charge in [-0.05, 0) is 18.2 Å². The van der Waals surface area contributed by atoms with E-state index in [4.69, 9.17) is 4.42 Å². The number of phenols is 2. The standard InChI is InChI=1S/C15H12O6/c16-8-4-11(19)15-12(20)6-13(21-14(15)5-8)7-1-2-9(17)10(18)3-7/h1-3,5-6,11,16-19H,4H2. The molecule has 0 aliphatic heterocycles. The Hall–Kier alpha value is -2.73. The van der Waals surface area contributed by atoms with Crippen LogP contribution in [0.1, 0.15) is 23.8 Å². The summed E-state index contributed by atoms with van der Waals surface area (Å²) in [5.74, 6) is -0.462. The van der Waals surface area contributed by atoms with Gasteiger partial charge < -0.3 is 24.8 Å². The highest BCUT2D eigenvalue weighted by Crippen LogP contribution is 2.34. The minimum Gasteiger partial charge on any atom is -0.512 e. The van der Waals surface area contributed by atoms with Crippen LogP contribution in [-0.4, -0.2) is 20.4 Å². The van der Waals surface area contributed by atoms with Crippen LogP contribution in [0.25, 0.3) is 17.4 Å². The van der Waals surface area contributed by atoms with Gasteiger partial charge in [0.2, 0.25) is 0 Å². The summed E-state index contributed by atoms with van der Waals surface area (Å²) in [5.41, 5.74) is 0.0627. The Morgan fingerprint density at radius 3 is 2.57 bits per heavy atom. The molecule has 0 spiro atoms. The van der Waals surface area contributed by atoms with Gasteiger partial charge in [0.15, 0.2) is 16.9 Å². The van der Waals surface area contributed by atoms with E-state index in [9.17, 15) is 25.2 Å². The quantitative estimate of drug-likeness (QED) is 0.598. The molecule has 2 aromatic rings. The van der Waals surface area contributed by atoms with E-state index in [1.807, 2.05) is 0 Å². The number of phenolic OH excluding ortho intramolecular Hbond substituents is 2. The molecule has 0 saturated carbocycles. The molecule has 0 radical (unpaired) electrons. The minimum atomic E-state index is -1.11. The molecule has 6 heteroatoms. The number of fused-ring (bicyclic) bond motifs is 1. The van der Waals surface area contributed by atoms with E-state index in [-0.39, 0.29) is 40.8 Å². The lowest BCUT2D eigenvalue weighted by Crippen LogP contribution is -2.18. The van der Waals surface area contributed by atoms with Gasteiger partial charge >= 0.3 is 0 Å². The molecule has 1 aliphatic rings. The van der Waals surface area contributed by atoms with Gasteiger partial charge in [-0.1, -0.05) is 0 Å². The molecule has 1 aromatic heterocycles. The molecule has 1 atom stereocenters. The molecule has 0 fully saturated rings. The van der Waals surface area contributed by atoms with E-state index in [1.165, 1.54) is 30.3 Å². The largest absolute Gasteiger partial charge is 0.512 e. The normalized spacial score (nSPS) is 17.2. The first kappa shape index (κ1) is 13.3. The zero-order valence-electron chi connectivity index (χ0n) is 10.8. The Kier molecular flexibility index (Phi) is 2.95. The van der Waals surface area contributed by atoms with Gasteiger partial charge in [-0.3, -0.25) is 4.79 Å². The number of rotatable bonds is 1. The van der Waals surface area contributed by atoms with Crippen LogP contribution < -0.4 is 5.43 Å². The van der Waals surface area contributed by atoms with Gasteiger partial charge in [0.1, 0.15) is 11.5 Å². The van der Waals surface area contributed by atoms with Crippen LogP contribution in [0.5, 0.6) is 11.5 Å². The smallest absolute Gasteiger partial charge is 0.191 e. The molecule has 6 nitrogen and oxygen atoms in total. The zero-order chi connectivity index (χ0) is 15.1. The van der Waals surface area contributed by atoms with Gasteiger partial charge in [-0.15, -0.1) is 0 Å². The van der Waals surface area contributed by atoms with Crippen molar-refractivity contribution in [1.29, 1.82) is 0 Å². The van der Waals surface area contributed by atoms with E-state index in [0.29, 0.717) is 5.56 Å². The SMILES string of the molecule is O=c1cc(-c2ccc(O)c(O)c2)oc2c1C(O)CC(O)=C2. The van der Waals surface area contributed by atoms with Gasteiger partial charge in [-0.2, -0.15) is 0 Å². The summed E-state index contributed by atoms with van der Waals surface area (Å²) in [5, 5.41) is 38.1. The van der Waals surface area contributed by atoms with Crippen molar-refractivity contribution in [3.8, 4) is 22.8 Å². The first-order chi connectivity index (χ1) is 9.95. The fraction of sp³-hybridized carbons (Fsp3) is 0.133. The summed E-state index contributed by atoms with van der Waals surface area (Å²) in [7, 11) is 0. The zero-order valence-corrected chi connectivity index (χ0v) is 10.8. The van der Waals surface area contributed by atoms with Crippen LogP contribution in [0, 0.1) is 0 Å². The maximum absolute atomic E-state index is 12.1. The average Bonchev–Trinajstić information content (AvgIpc) is 2.40. The second-order valence-electron chi connectivity index (χ2n) is 4.81. The van der Waals surface area contributed by atoms with Gasteiger partial charge in [0, 0.05) is 24.1 Å². The predicted octanol–water partition coefficient (Wildman–Crippen LogP) is 2.05. The van der Waals surface area contributed by atoms with Crippen molar-refractivity contribution in [1.82, 2.24) is 0 Å². The molecule has 108 valence electrons. The highest BCUT2D eigenvalue weighted by Gasteiger charge is 2.25. The van der Waals surface area contributed by atoms with E-state index >= 15 is 0 Å². The van der Waals surface area contributed by atoms with Crippen LogP contribution in [0.2, 0.25) is 0 Å². The number of hydrogen-bond donors (Lipinski definition) is 4. The summed E-state index contributed by atoms with van der Waals surface area (Å²) in [6.45, 7) is 0. The Morgan fingerprint density at radius 2 is 1.86 bits per heavy atom. The van der Waals surface area contributed by atoms with Crippen molar-refractivity contribution in [2.75, 3.05) is 0 Å². The number of aromatic hydroxyl groups is 2. The van der Waals surface area contributed by atoms with Crippen molar-refractivity contribution >= 4 is 6.08 Å². The van der Waals surface area contributed by atoms with Crippen molar-refractivity contribution in [3.63, 3.8) is 0 Å². The summed E-state index contributed by atoms with van der Waals surface area (Å²) in [4.78, 5) is 12.1. The minimum absolute atomic E-state index is 0.0307. The molecule has 0 saturated heterocycles. The van der Waals surface area contributed by atoms with Crippen molar-refractivity contribution in [2.24, 2.45) is 0 Å². The summed E-state index contributed by atoms with van der Waals surface area (Å²) >= 11 is 0. The van der Waals surface area contributed by atoms with E-state index < -0.39 is 11.5 Å². The summed E-state index contributed by atoms with van der Waals surface area (Å²) in [6.07, 6.45) is 0.146. The second-order valence-corrected chi connectivity index (χ2v) is 4.81. The third-order valence-electron chi connectivity index (χ3n) is 3.31. The molecule has 1 aromatic carbocycles. The van der Waals surface area contributed by atoms with Gasteiger partial charge in [-0.25, -0.2) is 0 Å². The van der Waals surface area contributed by atoms with E-state index in [0.717, 1.165) is 0 Å². The van der Waals surface area contributed by atoms with Crippen LogP contribution in [-0.2, 0) is 0 Å². The molecular formula is C15H12O6. The predicted molar refractivity (Wildman–Crippen MR) is 73.9 cm³/mol. The maximum atomic E-state index is 12.1. The highest BCUT2D eigenvalue weighted by atomic mass is 16.3. The fourth-order valence-electron chi connectivity index (χ4n) is 2.29. The van der Waals surface area contributed by atoms with Crippen LogP contribution in [0.15, 0.2) is 39.2 Å². The molecule has 0 bridgehead atoms. The van der Waals surface area contributed by atoms with Crippen LogP contribution >= 0.6 is 0 Å². The fourth-order valence-corrected chi connectivity index (χ4v) is 2.29. The number of aliphatic hydroxyl groups is 2. The molecule has 21 heavy (non-hydrogen) atoms. The lowest BCUT2D eigenvalue weighted by Gasteiger charge is -2.17. The first-order valence-electron chi connectivity index (χ1n) is 6.23.